The molecule has 0 aliphatic carbocycles. The van der Waals surface area contributed by atoms with Gasteiger partial charge in [-0.2, -0.15) is 5.10 Å². The van der Waals surface area contributed by atoms with Gasteiger partial charge >= 0.3 is 0 Å². The summed E-state index contributed by atoms with van der Waals surface area (Å²) in [6.07, 6.45) is 1.84. The zero-order valence-electron chi connectivity index (χ0n) is 11.4. The van der Waals surface area contributed by atoms with Crippen molar-refractivity contribution in [3.8, 4) is 5.69 Å². The summed E-state index contributed by atoms with van der Waals surface area (Å²) in [6.45, 7) is 9.11. The van der Waals surface area contributed by atoms with Crippen LogP contribution in [0.15, 0.2) is 24.4 Å². The Morgan fingerprint density at radius 3 is 2.67 bits per heavy atom. The van der Waals surface area contributed by atoms with Gasteiger partial charge in [0.1, 0.15) is 0 Å². The highest BCUT2D eigenvalue weighted by atomic mass is 15.3. The minimum atomic E-state index is 0.462. The number of hydrogen-bond acceptors (Lipinski definition) is 3. The predicted octanol–water partition coefficient (Wildman–Crippen LogP) is 2.38. The van der Waals surface area contributed by atoms with Crippen LogP contribution in [0.2, 0.25) is 0 Å². The van der Waals surface area contributed by atoms with E-state index in [-0.39, 0.29) is 0 Å². The summed E-state index contributed by atoms with van der Waals surface area (Å²) in [4.78, 5) is 4.37. The van der Waals surface area contributed by atoms with Crippen LogP contribution in [-0.2, 0) is 6.54 Å². The Labute approximate surface area is 108 Å². The lowest BCUT2D eigenvalue weighted by atomic mass is 10.3. The molecule has 2 aromatic rings. The molecular formula is C14H20N4. The van der Waals surface area contributed by atoms with Crippen molar-refractivity contribution in [1.29, 1.82) is 0 Å². The molecule has 0 aliphatic rings. The van der Waals surface area contributed by atoms with Gasteiger partial charge in [0, 0.05) is 24.5 Å². The van der Waals surface area contributed by atoms with Gasteiger partial charge in [0.15, 0.2) is 0 Å². The van der Waals surface area contributed by atoms with Crippen LogP contribution in [0.3, 0.4) is 0 Å². The molecule has 2 rings (SSSR count). The van der Waals surface area contributed by atoms with Crippen LogP contribution in [0.4, 0.5) is 0 Å². The lowest BCUT2D eigenvalue weighted by Gasteiger charge is -2.09. The Kier molecular flexibility index (Phi) is 3.77. The number of hydrogen-bond donors (Lipinski definition) is 1. The zero-order valence-corrected chi connectivity index (χ0v) is 11.4. The van der Waals surface area contributed by atoms with Crippen molar-refractivity contribution in [1.82, 2.24) is 20.1 Å². The van der Waals surface area contributed by atoms with E-state index in [1.165, 1.54) is 0 Å². The molecule has 0 saturated heterocycles. The first kappa shape index (κ1) is 12.8. The van der Waals surface area contributed by atoms with E-state index in [0.717, 1.165) is 29.3 Å². The highest BCUT2D eigenvalue weighted by Crippen LogP contribution is 2.12. The maximum atomic E-state index is 4.49. The molecule has 0 bridgehead atoms. The maximum absolute atomic E-state index is 4.49. The standard InChI is InChI=1S/C14H20N4/c1-10(2)16-9-13-8-14(5-6-15-13)18-12(4)7-11(3)17-18/h5-8,10,16H,9H2,1-4H3. The Morgan fingerprint density at radius 1 is 1.28 bits per heavy atom. The van der Waals surface area contributed by atoms with Crippen LogP contribution >= 0.6 is 0 Å². The molecule has 4 heteroatoms. The largest absolute Gasteiger partial charge is 0.309 e. The smallest absolute Gasteiger partial charge is 0.0682 e. The summed E-state index contributed by atoms with van der Waals surface area (Å²) in [5.41, 5.74) is 4.28. The summed E-state index contributed by atoms with van der Waals surface area (Å²) in [5.74, 6) is 0. The second-order valence-corrected chi connectivity index (χ2v) is 4.88. The molecule has 0 saturated carbocycles. The van der Waals surface area contributed by atoms with Crippen molar-refractivity contribution in [3.05, 3.63) is 41.5 Å². The average molecular weight is 244 g/mol. The fourth-order valence-electron chi connectivity index (χ4n) is 1.89. The van der Waals surface area contributed by atoms with Crippen LogP contribution in [0.1, 0.15) is 30.9 Å². The van der Waals surface area contributed by atoms with E-state index in [9.17, 15) is 0 Å². The van der Waals surface area contributed by atoms with E-state index in [2.05, 4.69) is 48.3 Å². The number of aryl methyl sites for hydroxylation is 2. The van der Waals surface area contributed by atoms with E-state index in [1.54, 1.807) is 0 Å². The van der Waals surface area contributed by atoms with Crippen molar-refractivity contribution >= 4 is 0 Å². The van der Waals surface area contributed by atoms with Crippen molar-refractivity contribution in [2.75, 3.05) is 0 Å². The van der Waals surface area contributed by atoms with Gasteiger partial charge in [-0.25, -0.2) is 4.68 Å². The van der Waals surface area contributed by atoms with Gasteiger partial charge in [-0.15, -0.1) is 0 Å². The highest BCUT2D eigenvalue weighted by molar-refractivity contribution is 5.33. The maximum Gasteiger partial charge on any atom is 0.0682 e. The molecule has 0 unspecified atom stereocenters. The van der Waals surface area contributed by atoms with Crippen LogP contribution in [0.25, 0.3) is 5.69 Å². The van der Waals surface area contributed by atoms with Gasteiger partial charge in [-0.3, -0.25) is 4.98 Å². The number of aromatic nitrogens is 3. The molecule has 1 N–H and O–H groups in total. The van der Waals surface area contributed by atoms with Gasteiger partial charge in [0.05, 0.1) is 17.1 Å². The zero-order chi connectivity index (χ0) is 13.1. The van der Waals surface area contributed by atoms with Crippen molar-refractivity contribution in [2.45, 2.75) is 40.3 Å². The molecule has 4 nitrogen and oxygen atoms in total. The quantitative estimate of drug-likeness (QED) is 0.898. The molecule has 18 heavy (non-hydrogen) atoms. The molecular weight excluding hydrogens is 224 g/mol. The van der Waals surface area contributed by atoms with E-state index < -0.39 is 0 Å². The van der Waals surface area contributed by atoms with Crippen LogP contribution < -0.4 is 5.32 Å². The highest BCUT2D eigenvalue weighted by Gasteiger charge is 2.05. The van der Waals surface area contributed by atoms with Crippen molar-refractivity contribution in [2.24, 2.45) is 0 Å². The third-order valence-corrected chi connectivity index (χ3v) is 2.75. The third kappa shape index (κ3) is 2.96. The normalized spacial score (nSPS) is 11.2. The SMILES string of the molecule is Cc1cc(C)n(-c2ccnc(CNC(C)C)c2)n1. The second-order valence-electron chi connectivity index (χ2n) is 4.88. The average Bonchev–Trinajstić information content (AvgIpc) is 2.66. The van der Waals surface area contributed by atoms with Crippen LogP contribution in [-0.4, -0.2) is 20.8 Å². The number of pyridine rings is 1. The van der Waals surface area contributed by atoms with Crippen LogP contribution in [0, 0.1) is 13.8 Å². The third-order valence-electron chi connectivity index (χ3n) is 2.75. The van der Waals surface area contributed by atoms with Gasteiger partial charge < -0.3 is 5.32 Å². The molecule has 0 fully saturated rings. The summed E-state index contributed by atoms with van der Waals surface area (Å²) < 4.78 is 1.95. The first-order chi connectivity index (χ1) is 8.56. The summed E-state index contributed by atoms with van der Waals surface area (Å²) in [6, 6.07) is 6.60. The lowest BCUT2D eigenvalue weighted by molar-refractivity contribution is 0.581. The molecule has 2 heterocycles. The minimum Gasteiger partial charge on any atom is -0.309 e. The van der Waals surface area contributed by atoms with E-state index in [0.29, 0.717) is 6.04 Å². The molecule has 0 radical (unpaired) electrons. The minimum absolute atomic E-state index is 0.462. The monoisotopic (exact) mass is 244 g/mol. The topological polar surface area (TPSA) is 42.7 Å². The summed E-state index contributed by atoms with van der Waals surface area (Å²) >= 11 is 0. The molecule has 2 aromatic heterocycles. The summed E-state index contributed by atoms with van der Waals surface area (Å²) in [5, 5.41) is 7.85. The number of nitrogens with one attached hydrogen (secondary N) is 1. The predicted molar refractivity (Wildman–Crippen MR) is 72.8 cm³/mol. The fourth-order valence-corrected chi connectivity index (χ4v) is 1.89. The van der Waals surface area contributed by atoms with Crippen LogP contribution in [0.5, 0.6) is 0 Å². The molecule has 0 aromatic carbocycles. The Bertz CT molecular complexity index is 528. The van der Waals surface area contributed by atoms with Gasteiger partial charge in [-0.05, 0) is 32.0 Å². The fraction of sp³-hybridized carbons (Fsp3) is 0.429. The first-order valence-corrected chi connectivity index (χ1v) is 6.28. The van der Waals surface area contributed by atoms with Gasteiger partial charge in [0.25, 0.3) is 0 Å². The van der Waals surface area contributed by atoms with Gasteiger partial charge in [-0.1, -0.05) is 13.8 Å². The lowest BCUT2D eigenvalue weighted by Crippen LogP contribution is -2.22. The molecule has 0 atom stereocenters. The van der Waals surface area contributed by atoms with E-state index >= 15 is 0 Å². The molecule has 0 aliphatic heterocycles. The second kappa shape index (κ2) is 5.31. The van der Waals surface area contributed by atoms with Crippen molar-refractivity contribution < 1.29 is 0 Å². The molecule has 96 valence electrons. The van der Waals surface area contributed by atoms with Gasteiger partial charge in [0.2, 0.25) is 0 Å². The van der Waals surface area contributed by atoms with E-state index in [4.69, 9.17) is 0 Å². The molecule has 0 amide bonds. The van der Waals surface area contributed by atoms with E-state index in [1.807, 2.05) is 23.9 Å². The summed E-state index contributed by atoms with van der Waals surface area (Å²) in [7, 11) is 0. The Hall–Kier alpha value is -1.68. The Morgan fingerprint density at radius 2 is 2.06 bits per heavy atom. The first-order valence-electron chi connectivity index (χ1n) is 6.28. The number of nitrogens with zero attached hydrogens (tertiary/aromatic N) is 3. The Balaban J connectivity index is 2.24. The number of rotatable bonds is 4. The molecule has 0 spiro atoms. The van der Waals surface area contributed by atoms with Crippen molar-refractivity contribution in [3.63, 3.8) is 0 Å².